The molecule has 4 aliphatic carbocycles. The molecule has 0 aromatic carbocycles. The Bertz CT molecular complexity index is 1480. The van der Waals surface area contributed by atoms with Gasteiger partial charge in [-0.2, -0.15) is 0 Å². The number of pyridine rings is 2. The number of carbonyl (C=O) groups is 1. The Morgan fingerprint density at radius 1 is 1.10 bits per heavy atom. The highest BCUT2D eigenvalue weighted by Gasteiger charge is 2.52. The Kier molecular flexibility index (Phi) is 6.94. The van der Waals surface area contributed by atoms with Crippen LogP contribution in [0.2, 0.25) is 10.0 Å². The number of aromatic nitrogens is 3. The molecule has 3 aromatic rings. The molecule has 10 heteroatoms. The van der Waals surface area contributed by atoms with E-state index in [0.717, 1.165) is 56.3 Å². The predicted molar refractivity (Wildman–Crippen MR) is 155 cm³/mol. The van der Waals surface area contributed by atoms with E-state index in [-0.39, 0.29) is 11.8 Å². The third kappa shape index (κ3) is 5.32. The van der Waals surface area contributed by atoms with Crippen molar-refractivity contribution in [2.45, 2.75) is 69.8 Å². The molecule has 0 atom stereocenters. The normalized spacial score (nSPS) is 25.5. The van der Waals surface area contributed by atoms with Crippen LogP contribution in [0.3, 0.4) is 0 Å². The molecule has 3 heterocycles. The van der Waals surface area contributed by atoms with E-state index in [2.05, 4.69) is 27.3 Å². The first-order valence-corrected chi connectivity index (χ1v) is 15.2. The maximum atomic E-state index is 11.8. The summed E-state index contributed by atoms with van der Waals surface area (Å²) in [5.74, 6) is 2.82. The molecule has 3 aromatic heterocycles. The lowest BCUT2D eigenvalue weighted by atomic mass is 9.48. The van der Waals surface area contributed by atoms with Gasteiger partial charge in [0, 0.05) is 35.5 Å². The second-order valence-electron chi connectivity index (χ2n) is 12.2. The number of hydrogen-bond donors (Lipinski definition) is 1. The first kappa shape index (κ1) is 26.8. The molecule has 41 heavy (non-hydrogen) atoms. The van der Waals surface area contributed by atoms with Crippen molar-refractivity contribution < 1.29 is 18.8 Å². The van der Waals surface area contributed by atoms with Crippen LogP contribution in [-0.4, -0.2) is 33.7 Å². The summed E-state index contributed by atoms with van der Waals surface area (Å²) in [6.07, 6.45) is 19.3. The molecular weight excluding hydrogens is 563 g/mol. The zero-order chi connectivity index (χ0) is 28.1. The van der Waals surface area contributed by atoms with Crippen molar-refractivity contribution in [3.05, 3.63) is 57.8 Å². The highest BCUT2D eigenvalue weighted by atomic mass is 35.5. The number of amides is 1. The Labute approximate surface area is 248 Å². The van der Waals surface area contributed by atoms with Crippen LogP contribution < -0.4 is 15.2 Å². The number of rotatable bonds is 10. The molecule has 4 aliphatic rings. The van der Waals surface area contributed by atoms with Gasteiger partial charge in [0.05, 0.1) is 29.0 Å². The van der Waals surface area contributed by atoms with Crippen molar-refractivity contribution in [3.8, 4) is 22.8 Å². The van der Waals surface area contributed by atoms with E-state index in [4.69, 9.17) is 42.9 Å². The van der Waals surface area contributed by atoms with Crippen molar-refractivity contribution in [2.75, 3.05) is 6.61 Å². The van der Waals surface area contributed by atoms with Gasteiger partial charge in [0.15, 0.2) is 11.4 Å². The standard InChI is InChI=1S/C31H32Cl2N4O4/c32-23-14-35-15-24(33)26(23)27-22(29(41-37-27)19-5-6-19)7-4-17-9-31(10-17)11-18(12-31)16-39-21-8-25(40-20-2-1-3-20)28(30(34)38)36-13-21/h4,7-8,13-15,17-20H,1-3,5-6,9-12,16H2,(H2,34,38)/b7-4+. The minimum Gasteiger partial charge on any atom is -0.492 e. The van der Waals surface area contributed by atoms with E-state index < -0.39 is 5.91 Å². The molecule has 0 saturated heterocycles. The third-order valence-electron chi connectivity index (χ3n) is 9.06. The molecule has 0 radical (unpaired) electrons. The van der Waals surface area contributed by atoms with Crippen LogP contribution in [0.4, 0.5) is 0 Å². The number of carbonyl (C=O) groups excluding carboxylic acids is 1. The summed E-state index contributed by atoms with van der Waals surface area (Å²) in [5.41, 5.74) is 8.40. The Balaban J connectivity index is 0.947. The monoisotopic (exact) mass is 594 g/mol. The van der Waals surface area contributed by atoms with Gasteiger partial charge in [-0.1, -0.05) is 40.5 Å². The van der Waals surface area contributed by atoms with Crippen LogP contribution in [0.25, 0.3) is 17.3 Å². The average Bonchev–Trinajstić information content (AvgIpc) is 3.64. The summed E-state index contributed by atoms with van der Waals surface area (Å²) in [7, 11) is 0. The van der Waals surface area contributed by atoms with Crippen molar-refractivity contribution in [1.29, 1.82) is 0 Å². The molecule has 1 spiro atoms. The molecule has 214 valence electrons. The molecular formula is C31H32Cl2N4O4. The summed E-state index contributed by atoms with van der Waals surface area (Å²) < 4.78 is 17.8. The van der Waals surface area contributed by atoms with Crippen LogP contribution >= 0.6 is 23.2 Å². The largest absolute Gasteiger partial charge is 0.492 e. The third-order valence-corrected chi connectivity index (χ3v) is 9.63. The second kappa shape index (κ2) is 10.6. The Morgan fingerprint density at radius 2 is 1.85 bits per heavy atom. The maximum absolute atomic E-state index is 11.8. The lowest BCUT2D eigenvalue weighted by Crippen LogP contribution is -2.48. The fraction of sp³-hybridized carbons (Fsp3) is 0.484. The van der Waals surface area contributed by atoms with Gasteiger partial charge in [0.25, 0.3) is 5.91 Å². The van der Waals surface area contributed by atoms with Crippen LogP contribution in [-0.2, 0) is 0 Å². The fourth-order valence-electron chi connectivity index (χ4n) is 6.63. The number of hydrogen-bond acceptors (Lipinski definition) is 7. The first-order chi connectivity index (χ1) is 19.9. The molecule has 4 saturated carbocycles. The number of ether oxygens (including phenoxy) is 2. The van der Waals surface area contributed by atoms with E-state index in [1.54, 1.807) is 24.7 Å². The minimum atomic E-state index is -0.589. The van der Waals surface area contributed by atoms with Crippen molar-refractivity contribution in [3.63, 3.8) is 0 Å². The fourth-order valence-corrected chi connectivity index (χ4v) is 7.17. The van der Waals surface area contributed by atoms with E-state index >= 15 is 0 Å². The van der Waals surface area contributed by atoms with Gasteiger partial charge in [0.2, 0.25) is 0 Å². The Morgan fingerprint density at radius 3 is 2.51 bits per heavy atom. The summed E-state index contributed by atoms with van der Waals surface area (Å²) in [6.45, 7) is 0.630. The van der Waals surface area contributed by atoms with E-state index in [1.807, 2.05) is 0 Å². The van der Waals surface area contributed by atoms with Gasteiger partial charge in [0.1, 0.15) is 17.2 Å². The molecule has 4 fully saturated rings. The Hall–Kier alpha value is -3.10. The van der Waals surface area contributed by atoms with Crippen LogP contribution in [0.5, 0.6) is 11.5 Å². The van der Waals surface area contributed by atoms with Crippen LogP contribution in [0.1, 0.15) is 85.5 Å². The van der Waals surface area contributed by atoms with E-state index in [0.29, 0.717) is 62.6 Å². The van der Waals surface area contributed by atoms with Gasteiger partial charge in [-0.25, -0.2) is 4.98 Å². The minimum absolute atomic E-state index is 0.125. The summed E-state index contributed by atoms with van der Waals surface area (Å²) >= 11 is 12.9. The quantitative estimate of drug-likeness (QED) is 0.263. The predicted octanol–water partition coefficient (Wildman–Crippen LogP) is 7.24. The summed E-state index contributed by atoms with van der Waals surface area (Å²) in [6, 6.07) is 1.76. The zero-order valence-electron chi connectivity index (χ0n) is 22.7. The molecule has 1 amide bonds. The first-order valence-electron chi connectivity index (χ1n) is 14.4. The van der Waals surface area contributed by atoms with Crippen molar-refractivity contribution in [1.82, 2.24) is 15.1 Å². The van der Waals surface area contributed by atoms with Gasteiger partial charge < -0.3 is 19.7 Å². The molecule has 8 nitrogen and oxygen atoms in total. The molecule has 0 bridgehead atoms. The molecule has 2 N–H and O–H groups in total. The number of halogens is 2. The maximum Gasteiger partial charge on any atom is 0.271 e. The van der Waals surface area contributed by atoms with Gasteiger partial charge >= 0.3 is 0 Å². The molecule has 7 rings (SSSR count). The van der Waals surface area contributed by atoms with Gasteiger partial charge in [-0.05, 0) is 75.0 Å². The van der Waals surface area contributed by atoms with Gasteiger partial charge in [-0.3, -0.25) is 9.78 Å². The SMILES string of the molecule is NC(=O)c1ncc(OCC2CC3(CC(/C=C/c4c(-c5c(Cl)cncc5Cl)noc4C4CC4)C3)C2)cc1OC1CCC1. The topological polar surface area (TPSA) is 113 Å². The molecule has 0 unspecified atom stereocenters. The van der Waals surface area contributed by atoms with Crippen LogP contribution in [0, 0.1) is 17.3 Å². The van der Waals surface area contributed by atoms with Crippen LogP contribution in [0.15, 0.2) is 35.3 Å². The van der Waals surface area contributed by atoms with Gasteiger partial charge in [-0.15, -0.1) is 0 Å². The second-order valence-corrected chi connectivity index (χ2v) is 13.0. The summed E-state index contributed by atoms with van der Waals surface area (Å²) in [4.78, 5) is 20.1. The number of primary amides is 1. The van der Waals surface area contributed by atoms with E-state index in [9.17, 15) is 4.79 Å². The highest BCUT2D eigenvalue weighted by molar-refractivity contribution is 6.39. The number of nitrogens with zero attached hydrogens (tertiary/aromatic N) is 3. The lowest BCUT2D eigenvalue weighted by Gasteiger charge is -2.57. The van der Waals surface area contributed by atoms with Crippen molar-refractivity contribution in [2.24, 2.45) is 23.0 Å². The molecule has 0 aliphatic heterocycles. The zero-order valence-corrected chi connectivity index (χ0v) is 24.2. The number of allylic oxidation sites excluding steroid dienone is 1. The smallest absolute Gasteiger partial charge is 0.271 e. The lowest BCUT2D eigenvalue weighted by molar-refractivity contribution is -0.0658. The number of nitrogens with two attached hydrogens (primary N) is 1. The summed E-state index contributed by atoms with van der Waals surface area (Å²) in [5, 5.41) is 5.31. The van der Waals surface area contributed by atoms with Crippen molar-refractivity contribution >= 4 is 35.2 Å². The highest BCUT2D eigenvalue weighted by Crippen LogP contribution is 2.61. The average molecular weight is 596 g/mol. The van der Waals surface area contributed by atoms with E-state index in [1.165, 1.54) is 12.8 Å².